The van der Waals surface area contributed by atoms with Gasteiger partial charge in [0.1, 0.15) is 0 Å². The van der Waals surface area contributed by atoms with Crippen molar-refractivity contribution >= 4 is 10.0 Å². The molecule has 0 saturated heterocycles. The Kier molecular flexibility index (Phi) is 6.18. The molecule has 0 saturated carbocycles. The van der Waals surface area contributed by atoms with Crippen LogP contribution in [0.2, 0.25) is 0 Å². The van der Waals surface area contributed by atoms with Crippen molar-refractivity contribution in [2.45, 2.75) is 45.4 Å². The number of rotatable bonds is 7. The van der Waals surface area contributed by atoms with Crippen molar-refractivity contribution in [3.8, 4) is 6.07 Å². The van der Waals surface area contributed by atoms with Crippen LogP contribution in [-0.4, -0.2) is 14.5 Å². The van der Waals surface area contributed by atoms with Crippen molar-refractivity contribution in [2.24, 2.45) is 5.92 Å². The van der Waals surface area contributed by atoms with E-state index in [-0.39, 0.29) is 11.8 Å². The van der Waals surface area contributed by atoms with Crippen LogP contribution in [0.4, 0.5) is 0 Å². The summed E-state index contributed by atoms with van der Waals surface area (Å²) >= 11 is 0. The molecule has 1 N–H and O–H groups in total. The first kappa shape index (κ1) is 16.7. The van der Waals surface area contributed by atoms with Crippen LogP contribution < -0.4 is 4.72 Å². The van der Waals surface area contributed by atoms with Crippen LogP contribution in [0.25, 0.3) is 0 Å². The third kappa shape index (κ3) is 5.32. The lowest BCUT2D eigenvalue weighted by molar-refractivity contribution is 0.445. The van der Waals surface area contributed by atoms with Gasteiger partial charge in [-0.05, 0) is 30.9 Å². The number of hydrogen-bond donors (Lipinski definition) is 1. The molecule has 5 heteroatoms. The van der Waals surface area contributed by atoms with Crippen molar-refractivity contribution in [3.05, 3.63) is 35.4 Å². The van der Waals surface area contributed by atoms with E-state index in [2.05, 4.69) is 18.6 Å². The molecule has 2 unspecified atom stereocenters. The fourth-order valence-electron chi connectivity index (χ4n) is 2.13. The fraction of sp³-hybridized carbons (Fsp3) is 0.533. The number of nitrogens with one attached hydrogen (secondary N) is 1. The highest BCUT2D eigenvalue weighted by molar-refractivity contribution is 7.88. The molecule has 1 rings (SSSR count). The second-order valence-electron chi connectivity index (χ2n) is 5.30. The monoisotopic (exact) mass is 294 g/mol. The first-order chi connectivity index (χ1) is 9.38. The van der Waals surface area contributed by atoms with E-state index < -0.39 is 10.0 Å². The van der Waals surface area contributed by atoms with Gasteiger partial charge in [0.2, 0.25) is 10.0 Å². The molecular weight excluding hydrogens is 272 g/mol. The molecule has 0 fully saturated rings. The van der Waals surface area contributed by atoms with Crippen molar-refractivity contribution in [3.63, 3.8) is 0 Å². The highest BCUT2D eigenvalue weighted by atomic mass is 32.2. The summed E-state index contributed by atoms with van der Waals surface area (Å²) in [7, 11) is -3.42. The molecule has 0 aromatic heterocycles. The highest BCUT2D eigenvalue weighted by Gasteiger charge is 2.18. The standard InChI is InChI=1S/C15H22N2O2S/c1-4-12(2)9-13(3)17-20(18,19)11-15-8-6-5-7-14(15)10-16/h5-8,12-13,17H,4,9,11H2,1-3H3. The van der Waals surface area contributed by atoms with Crippen LogP contribution in [0.5, 0.6) is 0 Å². The Morgan fingerprint density at radius 2 is 1.95 bits per heavy atom. The summed E-state index contributed by atoms with van der Waals surface area (Å²) in [5.41, 5.74) is 0.950. The molecule has 0 heterocycles. The summed E-state index contributed by atoms with van der Waals surface area (Å²) in [5, 5.41) is 8.98. The Labute approximate surface area is 121 Å². The summed E-state index contributed by atoms with van der Waals surface area (Å²) in [6, 6.07) is 8.71. The van der Waals surface area contributed by atoms with Gasteiger partial charge in [-0.2, -0.15) is 5.26 Å². The van der Waals surface area contributed by atoms with E-state index in [9.17, 15) is 8.42 Å². The Bertz CT molecular complexity index is 576. The SMILES string of the molecule is CCC(C)CC(C)NS(=O)(=O)Cc1ccccc1C#N. The van der Waals surface area contributed by atoms with E-state index in [1.807, 2.05) is 13.0 Å². The summed E-state index contributed by atoms with van der Waals surface area (Å²) in [6.45, 7) is 6.07. The van der Waals surface area contributed by atoms with E-state index in [0.717, 1.165) is 12.8 Å². The topological polar surface area (TPSA) is 70.0 Å². The molecule has 0 aliphatic rings. The molecular formula is C15H22N2O2S. The molecule has 1 aromatic rings. The minimum atomic E-state index is -3.42. The third-order valence-corrected chi connectivity index (χ3v) is 4.77. The summed E-state index contributed by atoms with van der Waals surface area (Å²) in [5.74, 6) is 0.334. The molecule has 0 aliphatic carbocycles. The van der Waals surface area contributed by atoms with Gasteiger partial charge in [-0.15, -0.1) is 0 Å². The minimum absolute atomic E-state index is 0.0933. The van der Waals surface area contributed by atoms with Crippen LogP contribution in [0.15, 0.2) is 24.3 Å². The van der Waals surface area contributed by atoms with Crippen molar-refractivity contribution in [1.29, 1.82) is 5.26 Å². The Balaban J connectivity index is 2.73. The van der Waals surface area contributed by atoms with E-state index in [4.69, 9.17) is 5.26 Å². The quantitative estimate of drug-likeness (QED) is 0.840. The Hall–Kier alpha value is -1.38. The highest BCUT2D eigenvalue weighted by Crippen LogP contribution is 2.14. The lowest BCUT2D eigenvalue weighted by Crippen LogP contribution is -2.34. The van der Waals surface area contributed by atoms with Gasteiger partial charge in [-0.3, -0.25) is 0 Å². The molecule has 110 valence electrons. The van der Waals surface area contributed by atoms with Crippen molar-refractivity contribution in [1.82, 2.24) is 4.72 Å². The van der Waals surface area contributed by atoms with Gasteiger partial charge in [-0.1, -0.05) is 38.5 Å². The van der Waals surface area contributed by atoms with Crippen LogP contribution in [-0.2, 0) is 15.8 Å². The first-order valence-electron chi connectivity index (χ1n) is 6.86. The van der Waals surface area contributed by atoms with E-state index in [1.165, 1.54) is 0 Å². The largest absolute Gasteiger partial charge is 0.216 e. The molecule has 0 bridgehead atoms. The molecule has 0 amide bonds. The van der Waals surface area contributed by atoms with E-state index in [1.54, 1.807) is 24.3 Å². The third-order valence-electron chi connectivity index (χ3n) is 3.32. The van der Waals surface area contributed by atoms with Gasteiger partial charge < -0.3 is 0 Å². The van der Waals surface area contributed by atoms with Crippen LogP contribution in [0.3, 0.4) is 0 Å². The maximum Gasteiger partial charge on any atom is 0.216 e. The molecule has 0 aliphatic heterocycles. The fourth-order valence-corrected chi connectivity index (χ4v) is 3.58. The summed E-state index contributed by atoms with van der Waals surface area (Å²) in [6.07, 6.45) is 1.85. The predicted molar refractivity (Wildman–Crippen MR) is 80.5 cm³/mol. The number of benzene rings is 1. The minimum Gasteiger partial charge on any atom is -0.212 e. The van der Waals surface area contributed by atoms with E-state index >= 15 is 0 Å². The normalized spacial score (nSPS) is 14.5. The van der Waals surface area contributed by atoms with E-state index in [0.29, 0.717) is 17.0 Å². The summed E-state index contributed by atoms with van der Waals surface area (Å²) in [4.78, 5) is 0. The van der Waals surface area contributed by atoms with Crippen LogP contribution in [0, 0.1) is 17.2 Å². The van der Waals surface area contributed by atoms with Crippen molar-refractivity contribution < 1.29 is 8.42 Å². The second kappa shape index (κ2) is 7.41. The predicted octanol–water partition coefficient (Wildman–Crippen LogP) is 2.80. The summed E-state index contributed by atoms with van der Waals surface area (Å²) < 4.78 is 26.9. The second-order valence-corrected chi connectivity index (χ2v) is 7.05. The zero-order valence-electron chi connectivity index (χ0n) is 12.3. The molecule has 20 heavy (non-hydrogen) atoms. The molecule has 0 radical (unpaired) electrons. The van der Waals surface area contributed by atoms with Gasteiger partial charge >= 0.3 is 0 Å². The van der Waals surface area contributed by atoms with Crippen LogP contribution in [0.1, 0.15) is 44.7 Å². The maximum absolute atomic E-state index is 12.1. The molecule has 1 aromatic carbocycles. The smallest absolute Gasteiger partial charge is 0.212 e. The first-order valence-corrected chi connectivity index (χ1v) is 8.51. The van der Waals surface area contributed by atoms with Gasteiger partial charge in [-0.25, -0.2) is 13.1 Å². The molecule has 2 atom stereocenters. The van der Waals surface area contributed by atoms with Gasteiger partial charge in [0, 0.05) is 6.04 Å². The average molecular weight is 294 g/mol. The van der Waals surface area contributed by atoms with Crippen LogP contribution >= 0.6 is 0 Å². The Morgan fingerprint density at radius 3 is 2.55 bits per heavy atom. The number of sulfonamides is 1. The lowest BCUT2D eigenvalue weighted by Gasteiger charge is -2.17. The number of hydrogen-bond acceptors (Lipinski definition) is 3. The average Bonchev–Trinajstić information content (AvgIpc) is 2.37. The number of nitriles is 1. The lowest BCUT2D eigenvalue weighted by atomic mass is 10.0. The maximum atomic E-state index is 12.1. The zero-order chi connectivity index (χ0) is 15.2. The zero-order valence-corrected chi connectivity index (χ0v) is 13.1. The molecule has 0 spiro atoms. The Morgan fingerprint density at radius 1 is 1.30 bits per heavy atom. The van der Waals surface area contributed by atoms with Crippen molar-refractivity contribution in [2.75, 3.05) is 0 Å². The number of nitrogens with zero attached hydrogens (tertiary/aromatic N) is 1. The van der Waals surface area contributed by atoms with Gasteiger partial charge in [0.05, 0.1) is 17.4 Å². The van der Waals surface area contributed by atoms with Gasteiger partial charge in [0.15, 0.2) is 0 Å². The van der Waals surface area contributed by atoms with Gasteiger partial charge in [0.25, 0.3) is 0 Å². The molecule has 4 nitrogen and oxygen atoms in total.